The molecule has 6 atom stereocenters. The van der Waals surface area contributed by atoms with E-state index in [0.29, 0.717) is 24.8 Å². The predicted octanol–water partition coefficient (Wildman–Crippen LogP) is 5.30. The van der Waals surface area contributed by atoms with Crippen LogP contribution < -0.4 is 0 Å². The molecule has 0 heterocycles. The number of esters is 1. The minimum Gasteiger partial charge on any atom is -0.450 e. The lowest BCUT2D eigenvalue weighted by atomic mass is 9.47. The van der Waals surface area contributed by atoms with Gasteiger partial charge in [0, 0.05) is 22.8 Å². The van der Waals surface area contributed by atoms with Gasteiger partial charge in [-0.2, -0.15) is 0 Å². The summed E-state index contributed by atoms with van der Waals surface area (Å²) in [6.07, 6.45) is 10.2. The zero-order chi connectivity index (χ0) is 22.8. The Kier molecular flexibility index (Phi) is 5.07. The number of carbonyl (C=O) groups is 3. The van der Waals surface area contributed by atoms with E-state index in [4.69, 9.17) is 4.74 Å². The fourth-order valence-corrected chi connectivity index (χ4v) is 7.29. The molecule has 0 radical (unpaired) electrons. The second kappa shape index (κ2) is 7.15. The van der Waals surface area contributed by atoms with Gasteiger partial charge in [0.05, 0.1) is 0 Å². The van der Waals surface area contributed by atoms with Crippen molar-refractivity contribution in [2.45, 2.75) is 71.8 Å². The first-order valence-corrected chi connectivity index (χ1v) is 11.6. The monoisotopic (exact) mass is 422 g/mol. The molecule has 0 aromatic rings. The maximum Gasteiger partial charge on any atom is 0.306 e. The summed E-state index contributed by atoms with van der Waals surface area (Å²) in [5.41, 5.74) is 0.586. The van der Waals surface area contributed by atoms with Crippen molar-refractivity contribution in [3.8, 4) is 0 Å². The molecule has 0 saturated heterocycles. The number of Topliss-reactive ketones (excluding diaryl/α,β-unsaturated/α-hetero) is 1. The summed E-state index contributed by atoms with van der Waals surface area (Å²) in [5.74, 6) is 0.401. The van der Waals surface area contributed by atoms with Crippen LogP contribution in [0.15, 0.2) is 48.1 Å². The van der Waals surface area contributed by atoms with E-state index in [1.54, 1.807) is 13.0 Å². The summed E-state index contributed by atoms with van der Waals surface area (Å²) >= 11 is 0. The number of hydrogen-bond acceptors (Lipinski definition) is 4. The lowest BCUT2D eigenvalue weighted by Crippen LogP contribution is -2.58. The molecule has 0 N–H and O–H groups in total. The molecule has 4 nitrogen and oxygen atoms in total. The van der Waals surface area contributed by atoms with Crippen LogP contribution in [0.5, 0.6) is 0 Å². The summed E-state index contributed by atoms with van der Waals surface area (Å²) < 4.78 is 6.04. The van der Waals surface area contributed by atoms with Gasteiger partial charge in [0.2, 0.25) is 0 Å². The molecule has 0 aliphatic heterocycles. The number of ether oxygens (including phenoxy) is 1. The Bertz CT molecular complexity index is 952. The third-order valence-electron chi connectivity index (χ3n) is 9.18. The molecule has 0 spiro atoms. The van der Waals surface area contributed by atoms with Gasteiger partial charge in [-0.25, -0.2) is 0 Å². The zero-order valence-electron chi connectivity index (χ0n) is 19.3. The van der Waals surface area contributed by atoms with Crippen molar-refractivity contribution in [1.29, 1.82) is 0 Å². The highest BCUT2D eigenvalue weighted by Gasteiger charge is 2.67. The summed E-state index contributed by atoms with van der Waals surface area (Å²) in [6.45, 7) is 16.2. The van der Waals surface area contributed by atoms with Crippen LogP contribution in [-0.4, -0.2) is 23.1 Å². The van der Waals surface area contributed by atoms with E-state index in [2.05, 4.69) is 39.2 Å². The van der Waals surface area contributed by atoms with Crippen LogP contribution in [0.2, 0.25) is 0 Å². The van der Waals surface area contributed by atoms with E-state index in [1.165, 1.54) is 0 Å². The van der Waals surface area contributed by atoms with Gasteiger partial charge in [-0.05, 0) is 74.0 Å². The number of hydrogen-bond donors (Lipinski definition) is 0. The van der Waals surface area contributed by atoms with Crippen LogP contribution in [0.3, 0.4) is 0 Å². The third-order valence-corrected chi connectivity index (χ3v) is 9.18. The molecule has 166 valence electrons. The Morgan fingerprint density at radius 3 is 2.48 bits per heavy atom. The maximum atomic E-state index is 13.0. The highest BCUT2D eigenvalue weighted by atomic mass is 16.6. The van der Waals surface area contributed by atoms with Crippen LogP contribution in [0, 0.1) is 28.6 Å². The molecule has 0 aromatic heterocycles. The van der Waals surface area contributed by atoms with E-state index < -0.39 is 11.0 Å². The molecule has 4 rings (SSSR count). The second-order valence-electron chi connectivity index (χ2n) is 10.4. The van der Waals surface area contributed by atoms with Crippen LogP contribution in [0.1, 0.15) is 66.2 Å². The van der Waals surface area contributed by atoms with Crippen molar-refractivity contribution in [2.24, 2.45) is 28.6 Å². The standard InChI is InChI=1S/C27H34O4/c1-7-8-24(30)31-27(18(4)28)14-12-21-20-10-9-19-15-23(29)16(2)17(3)26(19,6)22(20)11-13-25(21,27)5/h9-10,15,20-22H,2-3,7-8,11-14H2,1,4-6H3/t20-,21-,22-,25-,26-,27-/m0/s1. The van der Waals surface area contributed by atoms with Gasteiger partial charge in [0.25, 0.3) is 0 Å². The Labute approximate surface area is 185 Å². The molecule has 4 heteroatoms. The van der Waals surface area contributed by atoms with Gasteiger partial charge in [-0.15, -0.1) is 0 Å². The molecule has 2 saturated carbocycles. The minimum absolute atomic E-state index is 0.0342. The Morgan fingerprint density at radius 2 is 1.84 bits per heavy atom. The van der Waals surface area contributed by atoms with Crippen molar-refractivity contribution < 1.29 is 19.1 Å². The molecule has 31 heavy (non-hydrogen) atoms. The Balaban J connectivity index is 1.75. The van der Waals surface area contributed by atoms with Gasteiger partial charge in [-0.1, -0.05) is 46.1 Å². The SMILES string of the molecule is C=C1C(=C)[C@@]2(C)C(=CC1=O)C=C[C@@H]1[C@@H]2CC[C@@]2(C)[C@H]1CC[C@]2(OC(=O)CCC)C(C)=O. The van der Waals surface area contributed by atoms with Crippen molar-refractivity contribution in [2.75, 3.05) is 0 Å². The van der Waals surface area contributed by atoms with Gasteiger partial charge in [-0.3, -0.25) is 14.4 Å². The molecule has 0 unspecified atom stereocenters. The van der Waals surface area contributed by atoms with E-state index in [0.717, 1.165) is 30.4 Å². The number of allylic oxidation sites excluding steroid dienone is 6. The Morgan fingerprint density at radius 1 is 1.16 bits per heavy atom. The molecule has 2 fully saturated rings. The summed E-state index contributed by atoms with van der Waals surface area (Å²) in [7, 11) is 0. The first kappa shape index (κ1) is 22.0. The van der Waals surface area contributed by atoms with Crippen molar-refractivity contribution in [1.82, 2.24) is 0 Å². The van der Waals surface area contributed by atoms with Crippen LogP contribution in [0.25, 0.3) is 0 Å². The molecule has 0 bridgehead atoms. The first-order chi connectivity index (χ1) is 14.5. The highest BCUT2D eigenvalue weighted by Crippen LogP contribution is 2.67. The topological polar surface area (TPSA) is 60.4 Å². The molecule has 0 amide bonds. The molecular weight excluding hydrogens is 388 g/mol. The summed E-state index contributed by atoms with van der Waals surface area (Å²) in [6, 6.07) is 0. The lowest BCUT2D eigenvalue weighted by Gasteiger charge is -2.57. The fourth-order valence-electron chi connectivity index (χ4n) is 7.29. The average Bonchev–Trinajstić information content (AvgIpc) is 3.01. The largest absolute Gasteiger partial charge is 0.450 e. The van der Waals surface area contributed by atoms with Crippen LogP contribution in [-0.2, 0) is 19.1 Å². The highest BCUT2D eigenvalue weighted by molar-refractivity contribution is 6.09. The second-order valence-corrected chi connectivity index (χ2v) is 10.4. The van der Waals surface area contributed by atoms with Crippen LogP contribution >= 0.6 is 0 Å². The van der Waals surface area contributed by atoms with Gasteiger partial charge < -0.3 is 4.74 Å². The zero-order valence-corrected chi connectivity index (χ0v) is 19.3. The van der Waals surface area contributed by atoms with Gasteiger partial charge in [0.15, 0.2) is 17.2 Å². The summed E-state index contributed by atoms with van der Waals surface area (Å²) in [5, 5.41) is 0. The van der Waals surface area contributed by atoms with Gasteiger partial charge in [0.1, 0.15) is 0 Å². The van der Waals surface area contributed by atoms with Crippen molar-refractivity contribution in [3.05, 3.63) is 48.1 Å². The first-order valence-electron chi connectivity index (χ1n) is 11.6. The quantitative estimate of drug-likeness (QED) is 0.456. The average molecular weight is 423 g/mol. The minimum atomic E-state index is -1.04. The number of rotatable bonds is 4. The van der Waals surface area contributed by atoms with E-state index >= 15 is 0 Å². The molecule has 4 aliphatic carbocycles. The molecule has 4 aliphatic rings. The number of carbonyl (C=O) groups excluding carboxylic acids is 3. The van der Waals surface area contributed by atoms with Gasteiger partial charge >= 0.3 is 5.97 Å². The number of fused-ring (bicyclic) bond motifs is 5. The maximum absolute atomic E-state index is 13.0. The van der Waals surface area contributed by atoms with Crippen molar-refractivity contribution in [3.63, 3.8) is 0 Å². The smallest absolute Gasteiger partial charge is 0.306 e. The van der Waals surface area contributed by atoms with E-state index in [1.807, 2.05) is 6.92 Å². The number of ketones is 2. The molecule has 0 aromatic carbocycles. The predicted molar refractivity (Wildman–Crippen MR) is 120 cm³/mol. The van der Waals surface area contributed by atoms with Crippen LogP contribution in [0.4, 0.5) is 0 Å². The normalized spacial score (nSPS) is 41.2. The lowest BCUT2D eigenvalue weighted by molar-refractivity contribution is -0.186. The fraction of sp³-hybridized carbons (Fsp3) is 0.593. The molecular formula is C27H34O4. The van der Waals surface area contributed by atoms with E-state index in [-0.39, 0.29) is 40.7 Å². The summed E-state index contributed by atoms with van der Waals surface area (Å²) in [4.78, 5) is 37.8. The van der Waals surface area contributed by atoms with E-state index in [9.17, 15) is 14.4 Å². The third kappa shape index (κ3) is 2.76. The van der Waals surface area contributed by atoms with Crippen molar-refractivity contribution >= 4 is 17.5 Å². The Hall–Kier alpha value is -2.23.